The molecule has 4 nitrogen and oxygen atoms in total. The molecule has 6 heteroatoms. The van der Waals surface area contributed by atoms with Crippen LogP contribution in [0.1, 0.15) is 31.3 Å². The Hall–Kier alpha value is -1.40. The van der Waals surface area contributed by atoms with Crippen molar-refractivity contribution in [2.75, 3.05) is 11.1 Å². The van der Waals surface area contributed by atoms with E-state index in [4.69, 9.17) is 0 Å². The minimum atomic E-state index is -0.0592. The molecule has 0 bridgehead atoms. The first-order valence-electron chi connectivity index (χ1n) is 6.68. The van der Waals surface area contributed by atoms with Gasteiger partial charge in [-0.3, -0.25) is 10.1 Å². The van der Waals surface area contributed by atoms with Gasteiger partial charge in [0.1, 0.15) is 5.01 Å². The third-order valence-electron chi connectivity index (χ3n) is 2.86. The Morgan fingerprint density at radius 2 is 1.90 bits per heavy atom. The van der Waals surface area contributed by atoms with Crippen molar-refractivity contribution in [3.05, 3.63) is 34.8 Å². The van der Waals surface area contributed by atoms with Gasteiger partial charge in [0.25, 0.3) is 0 Å². The van der Waals surface area contributed by atoms with E-state index in [2.05, 4.69) is 60.6 Å². The number of carbonyl (C=O) groups is 1. The van der Waals surface area contributed by atoms with Crippen molar-refractivity contribution in [2.24, 2.45) is 0 Å². The second-order valence-electron chi connectivity index (χ2n) is 5.74. The summed E-state index contributed by atoms with van der Waals surface area (Å²) in [5.41, 5.74) is 1.44. The molecule has 112 valence electrons. The third-order valence-corrected chi connectivity index (χ3v) is 4.63. The van der Waals surface area contributed by atoms with E-state index in [1.54, 1.807) is 0 Å². The number of nitrogens with one attached hydrogen (secondary N) is 1. The molecule has 0 fully saturated rings. The average molecular weight is 321 g/mol. The second kappa shape index (κ2) is 6.58. The molecule has 0 atom stereocenters. The van der Waals surface area contributed by atoms with Gasteiger partial charge in [0.2, 0.25) is 11.0 Å². The van der Waals surface area contributed by atoms with Crippen LogP contribution in [-0.4, -0.2) is 21.9 Å². The standard InChI is InChI=1S/C15H19N3OS2/c1-10-17-18-14(21-10)16-13(19)9-20-12-7-5-11(6-8-12)15(2,3)4/h5-8H,9H2,1-4H3,(H,16,18,19). The number of anilines is 1. The van der Waals surface area contributed by atoms with Crippen LogP contribution in [0.2, 0.25) is 0 Å². The molecule has 1 aromatic carbocycles. The first-order valence-corrected chi connectivity index (χ1v) is 8.48. The van der Waals surface area contributed by atoms with Crippen molar-refractivity contribution < 1.29 is 4.79 Å². The van der Waals surface area contributed by atoms with E-state index in [1.807, 2.05) is 6.92 Å². The molecule has 0 saturated heterocycles. The summed E-state index contributed by atoms with van der Waals surface area (Å²) in [6, 6.07) is 8.37. The molecule has 0 aliphatic rings. The number of aromatic nitrogens is 2. The summed E-state index contributed by atoms with van der Waals surface area (Å²) < 4.78 is 0. The lowest BCUT2D eigenvalue weighted by Gasteiger charge is -2.19. The zero-order valence-electron chi connectivity index (χ0n) is 12.6. The Morgan fingerprint density at radius 3 is 2.43 bits per heavy atom. The Morgan fingerprint density at radius 1 is 1.24 bits per heavy atom. The fraction of sp³-hybridized carbons (Fsp3) is 0.400. The van der Waals surface area contributed by atoms with Crippen molar-refractivity contribution in [3.8, 4) is 0 Å². The van der Waals surface area contributed by atoms with E-state index in [-0.39, 0.29) is 11.3 Å². The van der Waals surface area contributed by atoms with Crippen LogP contribution in [0.15, 0.2) is 29.2 Å². The third kappa shape index (κ3) is 4.82. The van der Waals surface area contributed by atoms with E-state index in [0.29, 0.717) is 10.9 Å². The maximum Gasteiger partial charge on any atom is 0.236 e. The average Bonchev–Trinajstić information content (AvgIpc) is 2.81. The molecule has 0 aliphatic carbocycles. The molecule has 21 heavy (non-hydrogen) atoms. The van der Waals surface area contributed by atoms with Crippen LogP contribution < -0.4 is 5.32 Å². The molecule has 1 aromatic heterocycles. The number of benzene rings is 1. The summed E-state index contributed by atoms with van der Waals surface area (Å²) in [6.45, 7) is 8.42. The molecule has 0 aliphatic heterocycles. The zero-order chi connectivity index (χ0) is 15.5. The number of nitrogens with zero attached hydrogens (tertiary/aromatic N) is 2. The van der Waals surface area contributed by atoms with Gasteiger partial charge in [-0.05, 0) is 30.0 Å². The van der Waals surface area contributed by atoms with Gasteiger partial charge in [0, 0.05) is 4.90 Å². The van der Waals surface area contributed by atoms with E-state index in [9.17, 15) is 4.79 Å². The molecule has 2 aromatic rings. The number of aryl methyl sites for hydroxylation is 1. The normalized spacial score (nSPS) is 11.4. The van der Waals surface area contributed by atoms with Crippen LogP contribution in [0.5, 0.6) is 0 Å². The first-order chi connectivity index (χ1) is 9.84. The summed E-state index contributed by atoms with van der Waals surface area (Å²) in [6.07, 6.45) is 0. The fourth-order valence-electron chi connectivity index (χ4n) is 1.70. The van der Waals surface area contributed by atoms with Gasteiger partial charge in [0.15, 0.2) is 0 Å². The fourth-order valence-corrected chi connectivity index (χ4v) is 3.01. The molecular formula is C15H19N3OS2. The van der Waals surface area contributed by atoms with Gasteiger partial charge in [-0.25, -0.2) is 0 Å². The highest BCUT2D eigenvalue weighted by Crippen LogP contribution is 2.25. The highest BCUT2D eigenvalue weighted by Gasteiger charge is 2.13. The number of hydrogen-bond donors (Lipinski definition) is 1. The number of carbonyl (C=O) groups excluding carboxylic acids is 1. The highest BCUT2D eigenvalue weighted by atomic mass is 32.2. The summed E-state index contributed by atoms with van der Waals surface area (Å²) in [5, 5.41) is 11.9. The lowest BCUT2D eigenvalue weighted by Crippen LogP contribution is -2.14. The van der Waals surface area contributed by atoms with Gasteiger partial charge < -0.3 is 0 Å². The maximum absolute atomic E-state index is 11.8. The Labute approximate surface area is 133 Å². The van der Waals surface area contributed by atoms with Gasteiger partial charge >= 0.3 is 0 Å². The molecule has 0 unspecified atom stereocenters. The predicted molar refractivity (Wildman–Crippen MR) is 89.1 cm³/mol. The molecule has 1 N–H and O–H groups in total. The molecule has 2 rings (SSSR count). The molecule has 0 spiro atoms. The molecule has 1 amide bonds. The van der Waals surface area contributed by atoms with Crippen molar-refractivity contribution >= 4 is 34.1 Å². The van der Waals surface area contributed by atoms with Crippen LogP contribution in [0, 0.1) is 6.92 Å². The minimum absolute atomic E-state index is 0.0592. The number of amides is 1. The quantitative estimate of drug-likeness (QED) is 0.868. The van der Waals surface area contributed by atoms with Crippen LogP contribution in [0.25, 0.3) is 0 Å². The summed E-state index contributed by atoms with van der Waals surface area (Å²) in [7, 11) is 0. The zero-order valence-corrected chi connectivity index (χ0v) is 14.3. The van der Waals surface area contributed by atoms with Crippen LogP contribution in [0.4, 0.5) is 5.13 Å². The van der Waals surface area contributed by atoms with E-state index in [0.717, 1.165) is 9.90 Å². The topological polar surface area (TPSA) is 54.9 Å². The van der Waals surface area contributed by atoms with E-state index in [1.165, 1.54) is 28.7 Å². The van der Waals surface area contributed by atoms with Gasteiger partial charge in [-0.15, -0.1) is 22.0 Å². The lowest BCUT2D eigenvalue weighted by atomic mass is 9.87. The van der Waals surface area contributed by atoms with Gasteiger partial charge in [-0.1, -0.05) is 44.2 Å². The summed E-state index contributed by atoms with van der Waals surface area (Å²) in [5.74, 6) is 0.309. The predicted octanol–water partition coefficient (Wildman–Crippen LogP) is 3.87. The largest absolute Gasteiger partial charge is 0.300 e. The van der Waals surface area contributed by atoms with Crippen LogP contribution >= 0.6 is 23.1 Å². The summed E-state index contributed by atoms with van der Waals surface area (Å²) >= 11 is 2.90. The highest BCUT2D eigenvalue weighted by molar-refractivity contribution is 8.00. The Kier molecular flexibility index (Phi) is 5.00. The lowest BCUT2D eigenvalue weighted by molar-refractivity contribution is -0.113. The monoisotopic (exact) mass is 321 g/mol. The smallest absolute Gasteiger partial charge is 0.236 e. The maximum atomic E-state index is 11.8. The van der Waals surface area contributed by atoms with Crippen LogP contribution in [-0.2, 0) is 10.2 Å². The van der Waals surface area contributed by atoms with Gasteiger partial charge in [0.05, 0.1) is 5.75 Å². The van der Waals surface area contributed by atoms with Crippen molar-refractivity contribution in [1.82, 2.24) is 10.2 Å². The molecule has 0 saturated carbocycles. The van der Waals surface area contributed by atoms with Crippen molar-refractivity contribution in [2.45, 2.75) is 38.0 Å². The SMILES string of the molecule is Cc1nnc(NC(=O)CSc2ccc(C(C)(C)C)cc2)s1. The first kappa shape index (κ1) is 16.0. The summed E-state index contributed by atoms with van der Waals surface area (Å²) in [4.78, 5) is 12.9. The van der Waals surface area contributed by atoms with Gasteiger partial charge in [-0.2, -0.15) is 0 Å². The van der Waals surface area contributed by atoms with E-state index >= 15 is 0 Å². The number of hydrogen-bond acceptors (Lipinski definition) is 5. The molecule has 1 heterocycles. The Bertz CT molecular complexity index is 615. The van der Waals surface area contributed by atoms with Crippen LogP contribution in [0.3, 0.4) is 0 Å². The number of rotatable bonds is 4. The number of thioether (sulfide) groups is 1. The molecule has 0 radical (unpaired) electrons. The van der Waals surface area contributed by atoms with Crippen molar-refractivity contribution in [3.63, 3.8) is 0 Å². The molecular weight excluding hydrogens is 302 g/mol. The van der Waals surface area contributed by atoms with E-state index < -0.39 is 0 Å². The van der Waals surface area contributed by atoms with Crippen molar-refractivity contribution in [1.29, 1.82) is 0 Å². The minimum Gasteiger partial charge on any atom is -0.300 e. The Balaban J connectivity index is 1.86. The second-order valence-corrected chi connectivity index (χ2v) is 7.97.